The Morgan fingerprint density at radius 3 is 2.18 bits per heavy atom. The summed E-state index contributed by atoms with van der Waals surface area (Å²) in [5.41, 5.74) is 0. The number of aromatic hydroxyl groups is 1. The molecular formula is C9H13ClO. The third-order valence-electron chi connectivity index (χ3n) is 0.808. The Morgan fingerprint density at radius 2 is 1.91 bits per heavy atom. The van der Waals surface area contributed by atoms with Crippen molar-refractivity contribution in [1.29, 1.82) is 0 Å². The van der Waals surface area contributed by atoms with E-state index >= 15 is 0 Å². The SMILES string of the molecule is CCC.Oc1cccc(Cl)c1. The number of phenolic OH excluding ortho intramolecular Hbond substituents is 1. The maximum Gasteiger partial charge on any atom is 0.117 e. The zero-order chi connectivity index (χ0) is 8.69. The largest absolute Gasteiger partial charge is 0.508 e. The molecule has 0 aliphatic heterocycles. The molecule has 1 N–H and O–H groups in total. The van der Waals surface area contributed by atoms with Crippen LogP contribution in [-0.4, -0.2) is 5.11 Å². The third kappa shape index (κ3) is 5.74. The quantitative estimate of drug-likeness (QED) is 0.636. The second-order valence-electron chi connectivity index (χ2n) is 2.19. The second kappa shape index (κ2) is 6.05. The van der Waals surface area contributed by atoms with Gasteiger partial charge in [0.2, 0.25) is 0 Å². The lowest BCUT2D eigenvalue weighted by Gasteiger charge is -1.88. The van der Waals surface area contributed by atoms with Crippen molar-refractivity contribution in [3.8, 4) is 5.75 Å². The normalized spacial score (nSPS) is 8.27. The lowest BCUT2D eigenvalue weighted by molar-refractivity contribution is 0.475. The molecule has 0 heterocycles. The first-order valence-corrected chi connectivity index (χ1v) is 4.03. The zero-order valence-electron chi connectivity index (χ0n) is 6.84. The summed E-state index contributed by atoms with van der Waals surface area (Å²) in [6.45, 7) is 4.25. The summed E-state index contributed by atoms with van der Waals surface area (Å²) in [5, 5.41) is 9.29. The molecule has 0 spiro atoms. The standard InChI is InChI=1S/C6H5ClO.C3H8/c7-5-2-1-3-6(8)4-5;1-3-2/h1-4,8H;3H2,1-2H3. The summed E-state index contributed by atoms with van der Waals surface area (Å²) in [7, 11) is 0. The summed E-state index contributed by atoms with van der Waals surface area (Å²) in [4.78, 5) is 0. The lowest BCUT2D eigenvalue weighted by Crippen LogP contribution is -1.61. The first-order chi connectivity index (χ1) is 5.20. The van der Waals surface area contributed by atoms with Crippen LogP contribution in [0.5, 0.6) is 5.75 Å². The average molecular weight is 173 g/mol. The molecule has 0 aliphatic rings. The van der Waals surface area contributed by atoms with Gasteiger partial charge in [-0.15, -0.1) is 0 Å². The highest BCUT2D eigenvalue weighted by Crippen LogP contribution is 2.14. The molecule has 1 rings (SSSR count). The lowest BCUT2D eigenvalue weighted by atomic mass is 10.3. The maximum atomic E-state index is 8.73. The van der Waals surface area contributed by atoms with Crippen LogP contribution >= 0.6 is 11.6 Å². The minimum Gasteiger partial charge on any atom is -0.508 e. The van der Waals surface area contributed by atoms with Crippen molar-refractivity contribution in [2.75, 3.05) is 0 Å². The van der Waals surface area contributed by atoms with Crippen LogP contribution in [0.2, 0.25) is 5.02 Å². The van der Waals surface area contributed by atoms with Crippen LogP contribution in [-0.2, 0) is 0 Å². The predicted molar refractivity (Wildman–Crippen MR) is 49.1 cm³/mol. The summed E-state index contributed by atoms with van der Waals surface area (Å²) in [6, 6.07) is 6.46. The molecule has 0 amide bonds. The minimum absolute atomic E-state index is 0.206. The van der Waals surface area contributed by atoms with E-state index in [0.717, 1.165) is 0 Å². The molecule has 0 fully saturated rings. The number of phenols is 1. The Kier molecular flexibility index (Phi) is 5.67. The molecule has 0 aromatic heterocycles. The fourth-order valence-electron chi connectivity index (χ4n) is 0.476. The van der Waals surface area contributed by atoms with Gasteiger partial charge < -0.3 is 5.11 Å². The molecule has 1 aromatic carbocycles. The summed E-state index contributed by atoms with van der Waals surface area (Å²) in [5.74, 6) is 0.206. The van der Waals surface area contributed by atoms with E-state index in [0.29, 0.717) is 5.02 Å². The van der Waals surface area contributed by atoms with Gasteiger partial charge in [0, 0.05) is 5.02 Å². The van der Waals surface area contributed by atoms with Crippen molar-refractivity contribution >= 4 is 11.6 Å². The molecule has 0 unspecified atom stereocenters. The summed E-state index contributed by atoms with van der Waals surface area (Å²) in [6.07, 6.45) is 1.25. The molecule has 11 heavy (non-hydrogen) atoms. The van der Waals surface area contributed by atoms with Crippen molar-refractivity contribution in [3.05, 3.63) is 29.3 Å². The van der Waals surface area contributed by atoms with Crippen molar-refractivity contribution in [2.24, 2.45) is 0 Å². The van der Waals surface area contributed by atoms with Crippen LogP contribution in [0.25, 0.3) is 0 Å². The number of hydrogen-bond donors (Lipinski definition) is 1. The van der Waals surface area contributed by atoms with Gasteiger partial charge in [-0.2, -0.15) is 0 Å². The molecule has 2 heteroatoms. The van der Waals surface area contributed by atoms with Crippen molar-refractivity contribution < 1.29 is 5.11 Å². The summed E-state index contributed by atoms with van der Waals surface area (Å²) < 4.78 is 0. The van der Waals surface area contributed by atoms with Gasteiger partial charge in [-0.1, -0.05) is 37.9 Å². The van der Waals surface area contributed by atoms with Gasteiger partial charge in [-0.25, -0.2) is 0 Å². The van der Waals surface area contributed by atoms with Crippen LogP contribution in [0.15, 0.2) is 24.3 Å². The molecular weight excluding hydrogens is 160 g/mol. The summed E-state index contributed by atoms with van der Waals surface area (Å²) >= 11 is 5.48. The second-order valence-corrected chi connectivity index (χ2v) is 2.62. The molecule has 0 radical (unpaired) electrons. The van der Waals surface area contributed by atoms with E-state index < -0.39 is 0 Å². The van der Waals surface area contributed by atoms with Gasteiger partial charge in [0.15, 0.2) is 0 Å². The molecule has 0 bridgehead atoms. The first kappa shape index (κ1) is 10.3. The monoisotopic (exact) mass is 172 g/mol. The number of benzene rings is 1. The van der Waals surface area contributed by atoms with E-state index in [1.807, 2.05) is 0 Å². The maximum absolute atomic E-state index is 8.73. The molecule has 1 aromatic rings. The highest BCUT2D eigenvalue weighted by atomic mass is 35.5. The smallest absolute Gasteiger partial charge is 0.117 e. The predicted octanol–water partition coefficient (Wildman–Crippen LogP) is 3.46. The van der Waals surface area contributed by atoms with Gasteiger partial charge >= 0.3 is 0 Å². The van der Waals surface area contributed by atoms with Gasteiger partial charge in [-0.3, -0.25) is 0 Å². The van der Waals surface area contributed by atoms with Crippen LogP contribution in [0, 0.1) is 0 Å². The van der Waals surface area contributed by atoms with Crippen LogP contribution in [0.1, 0.15) is 20.3 Å². The first-order valence-electron chi connectivity index (χ1n) is 3.65. The molecule has 0 saturated carbocycles. The fraction of sp³-hybridized carbons (Fsp3) is 0.333. The molecule has 0 aliphatic carbocycles. The fourth-order valence-corrected chi connectivity index (χ4v) is 0.661. The van der Waals surface area contributed by atoms with Gasteiger partial charge in [0.25, 0.3) is 0 Å². The number of rotatable bonds is 0. The molecule has 0 atom stereocenters. The van der Waals surface area contributed by atoms with E-state index in [1.54, 1.807) is 18.2 Å². The Hall–Kier alpha value is -0.690. The van der Waals surface area contributed by atoms with Crippen LogP contribution in [0.3, 0.4) is 0 Å². The third-order valence-corrected chi connectivity index (χ3v) is 1.04. The van der Waals surface area contributed by atoms with Gasteiger partial charge in [0.1, 0.15) is 5.75 Å². The van der Waals surface area contributed by atoms with Gasteiger partial charge in [-0.05, 0) is 18.2 Å². The number of halogens is 1. The van der Waals surface area contributed by atoms with Gasteiger partial charge in [0.05, 0.1) is 0 Å². The Balaban J connectivity index is 0.000000292. The van der Waals surface area contributed by atoms with E-state index in [4.69, 9.17) is 16.7 Å². The van der Waals surface area contributed by atoms with Crippen LogP contribution < -0.4 is 0 Å². The Labute approximate surface area is 72.6 Å². The van der Waals surface area contributed by atoms with E-state index in [1.165, 1.54) is 12.5 Å². The molecule has 62 valence electrons. The highest BCUT2D eigenvalue weighted by molar-refractivity contribution is 6.30. The number of hydrogen-bond acceptors (Lipinski definition) is 1. The Morgan fingerprint density at radius 1 is 1.36 bits per heavy atom. The van der Waals surface area contributed by atoms with Crippen molar-refractivity contribution in [3.63, 3.8) is 0 Å². The molecule has 1 nitrogen and oxygen atoms in total. The average Bonchev–Trinajstić information content (AvgIpc) is 1.88. The van der Waals surface area contributed by atoms with Crippen molar-refractivity contribution in [2.45, 2.75) is 20.3 Å². The van der Waals surface area contributed by atoms with E-state index in [9.17, 15) is 0 Å². The Bertz CT molecular complexity index is 181. The van der Waals surface area contributed by atoms with Crippen molar-refractivity contribution in [1.82, 2.24) is 0 Å². The minimum atomic E-state index is 0.206. The topological polar surface area (TPSA) is 20.2 Å². The van der Waals surface area contributed by atoms with E-state index in [2.05, 4.69) is 13.8 Å². The highest BCUT2D eigenvalue weighted by Gasteiger charge is 1.85. The zero-order valence-corrected chi connectivity index (χ0v) is 7.60. The van der Waals surface area contributed by atoms with Crippen LogP contribution in [0.4, 0.5) is 0 Å². The van der Waals surface area contributed by atoms with E-state index in [-0.39, 0.29) is 5.75 Å². The molecule has 0 saturated heterocycles.